The van der Waals surface area contributed by atoms with Gasteiger partial charge < -0.3 is 0 Å². The molecule has 1 heterocycles. The summed E-state index contributed by atoms with van der Waals surface area (Å²) < 4.78 is 7.23. The molecule has 146 valence electrons. The van der Waals surface area contributed by atoms with Crippen LogP contribution in [0.4, 0.5) is 5.69 Å². The number of benzene rings is 2. The van der Waals surface area contributed by atoms with Gasteiger partial charge in [-0.3, -0.25) is 0 Å². The second-order valence-corrected chi connectivity index (χ2v) is 13.2. The number of amides is 1. The molecule has 3 rings (SSSR count). The Kier molecular flexibility index (Phi) is 7.47. The van der Waals surface area contributed by atoms with E-state index in [0.717, 1.165) is 20.9 Å². The third-order valence-electron chi connectivity index (χ3n) is 4.21. The number of carbonyl (C=O) groups excluding carboxylic acids is 1. The number of nitrogens with one attached hydrogen (secondary N) is 1. The van der Waals surface area contributed by atoms with Crippen molar-refractivity contribution >= 4 is 65.1 Å². The van der Waals surface area contributed by atoms with Gasteiger partial charge in [0, 0.05) is 0 Å². The fourth-order valence-electron chi connectivity index (χ4n) is 2.73. The Morgan fingerprint density at radius 1 is 1.11 bits per heavy atom. The van der Waals surface area contributed by atoms with Crippen molar-refractivity contribution in [3.05, 3.63) is 74.4 Å². The molecule has 0 aliphatic rings. The summed E-state index contributed by atoms with van der Waals surface area (Å²) in [6.45, 7) is 0. The molecule has 3 nitrogen and oxygen atoms in total. The van der Waals surface area contributed by atoms with Crippen molar-refractivity contribution in [2.45, 2.75) is 17.3 Å². The standard InChI is InChI=1S/C21H20AsCl2NO2S/c1-22(13-17-8-10-20(24)28-17)15-5-9-19(18(23)12-15)25-21(26)11-14-3-6-16(27-2)7-4-14/h3-10,12H,11,13H2,1-2H3,(H,25,26). The fourth-order valence-corrected chi connectivity index (χ4v) is 8.49. The molecule has 0 spiro atoms. The van der Waals surface area contributed by atoms with Crippen molar-refractivity contribution in [1.29, 1.82) is 0 Å². The maximum atomic E-state index is 12.3. The molecule has 0 aliphatic carbocycles. The van der Waals surface area contributed by atoms with E-state index in [0.29, 0.717) is 10.7 Å². The number of rotatable bonds is 7. The molecule has 1 N–H and O–H groups in total. The van der Waals surface area contributed by atoms with Crippen LogP contribution in [0, 0.1) is 0 Å². The van der Waals surface area contributed by atoms with Gasteiger partial charge in [-0.15, -0.1) is 0 Å². The van der Waals surface area contributed by atoms with Gasteiger partial charge in [-0.2, -0.15) is 0 Å². The average Bonchev–Trinajstić information content (AvgIpc) is 3.08. The topological polar surface area (TPSA) is 38.3 Å². The van der Waals surface area contributed by atoms with Crippen LogP contribution in [0.2, 0.25) is 15.1 Å². The Morgan fingerprint density at radius 3 is 2.46 bits per heavy atom. The molecule has 1 aromatic heterocycles. The zero-order valence-corrected chi connectivity index (χ0v) is 19.7. The van der Waals surface area contributed by atoms with Crippen molar-refractivity contribution in [2.75, 3.05) is 12.4 Å². The Labute approximate surface area is 183 Å². The third kappa shape index (κ3) is 5.78. The quantitative estimate of drug-likeness (QED) is 0.448. The van der Waals surface area contributed by atoms with Gasteiger partial charge in [-0.1, -0.05) is 0 Å². The Bertz CT molecular complexity index is 959. The zero-order chi connectivity index (χ0) is 20.1. The Morgan fingerprint density at radius 2 is 1.86 bits per heavy atom. The molecule has 0 bridgehead atoms. The molecule has 0 saturated carbocycles. The summed E-state index contributed by atoms with van der Waals surface area (Å²) in [6, 6.07) is 17.4. The van der Waals surface area contributed by atoms with Gasteiger partial charge >= 0.3 is 177 Å². The third-order valence-corrected chi connectivity index (χ3v) is 10.4. The van der Waals surface area contributed by atoms with Crippen LogP contribution in [0.3, 0.4) is 0 Å². The minimum atomic E-state index is -1.25. The number of thiophene rings is 1. The second-order valence-electron chi connectivity index (χ2n) is 6.30. The predicted molar refractivity (Wildman–Crippen MR) is 121 cm³/mol. The summed E-state index contributed by atoms with van der Waals surface area (Å²) in [7, 11) is 1.62. The van der Waals surface area contributed by atoms with Crippen LogP contribution in [0.1, 0.15) is 10.4 Å². The molecule has 0 fully saturated rings. The van der Waals surface area contributed by atoms with E-state index in [1.54, 1.807) is 18.4 Å². The van der Waals surface area contributed by atoms with Gasteiger partial charge in [0.1, 0.15) is 0 Å². The number of halogens is 2. The Hall–Kier alpha value is -1.45. The normalized spacial score (nSPS) is 11.9. The molecule has 3 aromatic rings. The summed E-state index contributed by atoms with van der Waals surface area (Å²) in [5.74, 6) is 0.671. The van der Waals surface area contributed by atoms with Crippen LogP contribution in [0.15, 0.2) is 54.6 Å². The first-order chi connectivity index (χ1) is 13.4. The van der Waals surface area contributed by atoms with Crippen molar-refractivity contribution in [3.8, 4) is 5.75 Å². The number of methoxy groups -OCH3 is 1. The number of ether oxygens (including phenoxy) is 1. The molecule has 1 amide bonds. The molecule has 2 aromatic carbocycles. The molecule has 7 heteroatoms. The number of anilines is 1. The molecular weight excluding hydrogens is 476 g/mol. The number of hydrogen-bond donors (Lipinski definition) is 1. The van der Waals surface area contributed by atoms with Crippen LogP contribution < -0.4 is 14.4 Å². The number of hydrogen-bond acceptors (Lipinski definition) is 3. The zero-order valence-electron chi connectivity index (χ0n) is 15.5. The summed E-state index contributed by atoms with van der Waals surface area (Å²) >= 11 is 12.8. The van der Waals surface area contributed by atoms with Crippen molar-refractivity contribution < 1.29 is 9.53 Å². The fraction of sp³-hybridized carbons (Fsp3) is 0.190. The van der Waals surface area contributed by atoms with Crippen LogP contribution in [0.5, 0.6) is 5.75 Å². The summed E-state index contributed by atoms with van der Waals surface area (Å²) in [4.78, 5) is 13.7. The van der Waals surface area contributed by atoms with E-state index in [9.17, 15) is 4.79 Å². The van der Waals surface area contributed by atoms with E-state index >= 15 is 0 Å². The predicted octanol–water partition coefficient (Wildman–Crippen LogP) is 5.36. The van der Waals surface area contributed by atoms with E-state index in [1.807, 2.05) is 42.5 Å². The first kappa shape index (κ1) is 21.3. The summed E-state index contributed by atoms with van der Waals surface area (Å²) in [6.07, 6.45) is 0.285. The SMILES string of the molecule is COc1ccc(CC(=O)Nc2ccc([As](C)Cc3ccc(Cl)s3)cc2Cl)cc1. The van der Waals surface area contributed by atoms with Gasteiger partial charge in [0.25, 0.3) is 0 Å². The van der Waals surface area contributed by atoms with Gasteiger partial charge in [-0.05, 0) is 0 Å². The molecule has 1 unspecified atom stereocenters. The van der Waals surface area contributed by atoms with Gasteiger partial charge in [0.05, 0.1) is 7.11 Å². The molecule has 28 heavy (non-hydrogen) atoms. The summed E-state index contributed by atoms with van der Waals surface area (Å²) in [5, 5.41) is 4.53. The van der Waals surface area contributed by atoms with Gasteiger partial charge in [0.2, 0.25) is 0 Å². The number of carbonyl (C=O) groups is 1. The van der Waals surface area contributed by atoms with Crippen LogP contribution in [-0.4, -0.2) is 27.7 Å². The second kappa shape index (κ2) is 9.84. The van der Waals surface area contributed by atoms with E-state index in [2.05, 4.69) is 23.2 Å². The molecule has 0 saturated heterocycles. The van der Waals surface area contributed by atoms with Gasteiger partial charge in [-0.25, -0.2) is 0 Å². The van der Waals surface area contributed by atoms with Crippen LogP contribution >= 0.6 is 34.5 Å². The first-order valence-corrected chi connectivity index (χ1v) is 14.3. The van der Waals surface area contributed by atoms with E-state index in [1.165, 1.54) is 9.23 Å². The molecule has 0 radical (unpaired) electrons. The average molecular weight is 496 g/mol. The minimum absolute atomic E-state index is 0.0982. The molecule has 0 aliphatic heterocycles. The monoisotopic (exact) mass is 495 g/mol. The Balaban J connectivity index is 1.62. The molecular formula is C21H20AsCl2NO2S. The summed E-state index contributed by atoms with van der Waals surface area (Å²) in [5.41, 5.74) is 3.86. The van der Waals surface area contributed by atoms with Gasteiger partial charge in [0.15, 0.2) is 0 Å². The van der Waals surface area contributed by atoms with Crippen LogP contribution in [0.25, 0.3) is 0 Å². The maximum absolute atomic E-state index is 12.3. The molecule has 1 atom stereocenters. The van der Waals surface area contributed by atoms with Crippen LogP contribution in [-0.2, 0) is 16.4 Å². The van der Waals surface area contributed by atoms with E-state index < -0.39 is 14.7 Å². The van der Waals surface area contributed by atoms with Crippen molar-refractivity contribution in [1.82, 2.24) is 0 Å². The van der Waals surface area contributed by atoms with E-state index in [-0.39, 0.29) is 12.3 Å². The van der Waals surface area contributed by atoms with Crippen molar-refractivity contribution in [3.63, 3.8) is 0 Å². The first-order valence-electron chi connectivity index (χ1n) is 8.62. The van der Waals surface area contributed by atoms with E-state index in [4.69, 9.17) is 27.9 Å². The van der Waals surface area contributed by atoms with Crippen molar-refractivity contribution in [2.24, 2.45) is 0 Å².